The standard InChI is InChI=1S/C17H21FO5S/c1-11(9-18)10-22-15-14(17(2,3)23-16(15)19)12-5-7-13(8-6-12)24(4,20)21/h5-8,11H,9-10H2,1-4H3. The van der Waals surface area contributed by atoms with Gasteiger partial charge in [-0.15, -0.1) is 0 Å². The van der Waals surface area contributed by atoms with Crippen LogP contribution in [0.5, 0.6) is 0 Å². The molecule has 1 unspecified atom stereocenters. The molecule has 1 aromatic rings. The second-order valence-corrected chi connectivity index (χ2v) is 8.49. The minimum absolute atomic E-state index is 0.0485. The fraction of sp³-hybridized carbons (Fsp3) is 0.471. The number of hydrogen-bond acceptors (Lipinski definition) is 5. The van der Waals surface area contributed by atoms with E-state index in [9.17, 15) is 17.6 Å². The van der Waals surface area contributed by atoms with Gasteiger partial charge in [0.15, 0.2) is 9.84 Å². The highest BCUT2D eigenvalue weighted by atomic mass is 32.2. The highest BCUT2D eigenvalue weighted by Gasteiger charge is 2.42. The third-order valence-electron chi connectivity index (χ3n) is 3.71. The summed E-state index contributed by atoms with van der Waals surface area (Å²) in [6.45, 7) is 4.62. The number of esters is 1. The molecule has 1 aliphatic heterocycles. The zero-order valence-electron chi connectivity index (χ0n) is 14.1. The molecular weight excluding hydrogens is 335 g/mol. The summed E-state index contributed by atoms with van der Waals surface area (Å²) in [5, 5.41) is 0. The van der Waals surface area contributed by atoms with Crippen molar-refractivity contribution < 1.29 is 27.1 Å². The Morgan fingerprint density at radius 1 is 1.25 bits per heavy atom. The van der Waals surface area contributed by atoms with Crippen LogP contribution in [0.2, 0.25) is 0 Å². The van der Waals surface area contributed by atoms with Crippen LogP contribution < -0.4 is 0 Å². The van der Waals surface area contributed by atoms with E-state index in [0.717, 1.165) is 6.26 Å². The van der Waals surface area contributed by atoms with E-state index in [0.29, 0.717) is 11.1 Å². The Hall–Kier alpha value is -1.89. The second kappa shape index (κ2) is 6.55. The molecule has 5 nitrogen and oxygen atoms in total. The van der Waals surface area contributed by atoms with Crippen LogP contribution >= 0.6 is 0 Å². The van der Waals surface area contributed by atoms with Gasteiger partial charge in [0.2, 0.25) is 5.76 Å². The molecule has 2 rings (SSSR count). The van der Waals surface area contributed by atoms with E-state index in [2.05, 4.69) is 0 Å². The molecule has 24 heavy (non-hydrogen) atoms. The number of sulfone groups is 1. The van der Waals surface area contributed by atoms with Crippen molar-refractivity contribution in [1.29, 1.82) is 0 Å². The van der Waals surface area contributed by atoms with E-state index >= 15 is 0 Å². The summed E-state index contributed by atoms with van der Waals surface area (Å²) in [6, 6.07) is 6.16. The maximum atomic E-state index is 12.6. The van der Waals surface area contributed by atoms with Gasteiger partial charge in [-0.3, -0.25) is 4.39 Å². The first kappa shape index (κ1) is 18.4. The highest BCUT2D eigenvalue weighted by molar-refractivity contribution is 7.90. The van der Waals surface area contributed by atoms with Gasteiger partial charge in [-0.2, -0.15) is 0 Å². The molecule has 0 radical (unpaired) electrons. The van der Waals surface area contributed by atoms with Crippen LogP contribution in [0.4, 0.5) is 4.39 Å². The lowest BCUT2D eigenvalue weighted by Crippen LogP contribution is -2.22. The van der Waals surface area contributed by atoms with Crippen LogP contribution in [-0.2, 0) is 24.1 Å². The molecule has 0 amide bonds. The Balaban J connectivity index is 2.44. The minimum atomic E-state index is -3.31. The Morgan fingerprint density at radius 2 is 1.83 bits per heavy atom. The summed E-state index contributed by atoms with van der Waals surface area (Å²) in [5.41, 5.74) is 0.234. The van der Waals surface area contributed by atoms with Crippen LogP contribution in [0.1, 0.15) is 26.3 Å². The van der Waals surface area contributed by atoms with E-state index < -0.39 is 28.1 Å². The van der Waals surface area contributed by atoms with E-state index in [4.69, 9.17) is 9.47 Å². The van der Waals surface area contributed by atoms with Gasteiger partial charge in [-0.25, -0.2) is 13.2 Å². The topological polar surface area (TPSA) is 69.7 Å². The average molecular weight is 356 g/mol. The van der Waals surface area contributed by atoms with Crippen molar-refractivity contribution in [3.63, 3.8) is 0 Å². The Bertz CT molecular complexity index is 763. The third kappa shape index (κ3) is 3.77. The number of hydrogen-bond donors (Lipinski definition) is 0. The minimum Gasteiger partial charge on any atom is -0.486 e. The maximum Gasteiger partial charge on any atom is 0.374 e. The lowest BCUT2D eigenvalue weighted by atomic mass is 9.92. The lowest BCUT2D eigenvalue weighted by molar-refractivity contribution is -0.147. The summed E-state index contributed by atoms with van der Waals surface area (Å²) in [7, 11) is -3.31. The summed E-state index contributed by atoms with van der Waals surface area (Å²) in [4.78, 5) is 12.3. The van der Waals surface area contributed by atoms with Crippen molar-refractivity contribution in [3.05, 3.63) is 35.6 Å². The van der Waals surface area contributed by atoms with Crippen LogP contribution in [0, 0.1) is 5.92 Å². The number of halogens is 1. The molecule has 0 aliphatic carbocycles. The molecule has 0 N–H and O–H groups in total. The molecule has 0 fully saturated rings. The van der Waals surface area contributed by atoms with Gasteiger partial charge in [0, 0.05) is 12.2 Å². The summed E-state index contributed by atoms with van der Waals surface area (Å²) >= 11 is 0. The Morgan fingerprint density at radius 3 is 2.33 bits per heavy atom. The van der Waals surface area contributed by atoms with E-state index in [-0.39, 0.29) is 23.2 Å². The molecule has 1 aliphatic rings. The smallest absolute Gasteiger partial charge is 0.374 e. The number of ether oxygens (including phenoxy) is 2. The molecule has 132 valence electrons. The number of carbonyl (C=O) groups excluding carboxylic acids is 1. The number of rotatable bonds is 6. The predicted molar refractivity (Wildman–Crippen MR) is 87.7 cm³/mol. The zero-order valence-corrected chi connectivity index (χ0v) is 14.9. The fourth-order valence-electron chi connectivity index (χ4n) is 2.45. The number of alkyl halides is 1. The maximum absolute atomic E-state index is 12.6. The van der Waals surface area contributed by atoms with E-state index in [1.54, 1.807) is 32.9 Å². The molecule has 0 saturated heterocycles. The van der Waals surface area contributed by atoms with Crippen LogP contribution in [0.25, 0.3) is 5.57 Å². The van der Waals surface area contributed by atoms with Gasteiger partial charge >= 0.3 is 5.97 Å². The second-order valence-electron chi connectivity index (χ2n) is 6.47. The summed E-state index contributed by atoms with van der Waals surface area (Å²) < 4.78 is 46.6. The molecule has 0 spiro atoms. The van der Waals surface area contributed by atoms with Gasteiger partial charge in [0.1, 0.15) is 5.60 Å². The number of benzene rings is 1. The van der Waals surface area contributed by atoms with Crippen molar-refractivity contribution >= 4 is 21.4 Å². The molecule has 7 heteroatoms. The highest BCUT2D eigenvalue weighted by Crippen LogP contribution is 2.40. The average Bonchev–Trinajstić information content (AvgIpc) is 2.72. The van der Waals surface area contributed by atoms with Crippen molar-refractivity contribution in [2.75, 3.05) is 19.5 Å². The molecule has 0 aromatic heterocycles. The van der Waals surface area contributed by atoms with Crippen LogP contribution in [0.3, 0.4) is 0 Å². The Labute approximate surface area is 141 Å². The lowest BCUT2D eigenvalue weighted by Gasteiger charge is -2.21. The predicted octanol–water partition coefficient (Wildman–Crippen LogP) is 2.76. The molecular formula is C17H21FO5S. The van der Waals surface area contributed by atoms with Gasteiger partial charge in [0.25, 0.3) is 0 Å². The van der Waals surface area contributed by atoms with Crippen molar-refractivity contribution in [3.8, 4) is 0 Å². The van der Waals surface area contributed by atoms with Gasteiger partial charge < -0.3 is 9.47 Å². The van der Waals surface area contributed by atoms with Gasteiger partial charge in [-0.1, -0.05) is 19.1 Å². The summed E-state index contributed by atoms with van der Waals surface area (Å²) in [6.07, 6.45) is 1.13. The largest absolute Gasteiger partial charge is 0.486 e. The first-order chi connectivity index (χ1) is 11.1. The third-order valence-corrected chi connectivity index (χ3v) is 4.84. The normalized spacial score (nSPS) is 18.5. The van der Waals surface area contributed by atoms with Crippen molar-refractivity contribution in [2.24, 2.45) is 5.92 Å². The number of cyclic esters (lactones) is 1. The van der Waals surface area contributed by atoms with Crippen molar-refractivity contribution in [1.82, 2.24) is 0 Å². The quantitative estimate of drug-likeness (QED) is 0.733. The molecule has 1 aromatic carbocycles. The SMILES string of the molecule is CC(CF)COC1=C(c2ccc(S(C)(=O)=O)cc2)C(C)(C)OC1=O. The Kier molecular flexibility index (Phi) is 5.03. The first-order valence-corrected chi connectivity index (χ1v) is 9.42. The monoisotopic (exact) mass is 356 g/mol. The van der Waals surface area contributed by atoms with Gasteiger partial charge in [0.05, 0.1) is 23.8 Å². The van der Waals surface area contributed by atoms with E-state index in [1.807, 2.05) is 0 Å². The first-order valence-electron chi connectivity index (χ1n) is 7.53. The molecule has 1 heterocycles. The molecule has 0 bridgehead atoms. The van der Waals surface area contributed by atoms with E-state index in [1.165, 1.54) is 12.1 Å². The van der Waals surface area contributed by atoms with Crippen LogP contribution in [0.15, 0.2) is 34.9 Å². The summed E-state index contributed by atoms with van der Waals surface area (Å²) in [5.74, 6) is -0.900. The number of carbonyl (C=O) groups is 1. The van der Waals surface area contributed by atoms with Gasteiger partial charge in [-0.05, 0) is 31.5 Å². The zero-order chi connectivity index (χ0) is 18.1. The van der Waals surface area contributed by atoms with Crippen LogP contribution in [-0.4, -0.2) is 39.5 Å². The molecule has 1 atom stereocenters. The molecule has 0 saturated carbocycles. The van der Waals surface area contributed by atoms with Crippen molar-refractivity contribution in [2.45, 2.75) is 31.3 Å². The fourth-order valence-corrected chi connectivity index (χ4v) is 3.08.